The molecule has 0 radical (unpaired) electrons. The van der Waals surface area contributed by atoms with Crippen LogP contribution in [-0.2, 0) is 24.0 Å². The molecule has 0 aromatic heterocycles. The van der Waals surface area contributed by atoms with Gasteiger partial charge in [0.25, 0.3) is 0 Å². The lowest BCUT2D eigenvalue weighted by Crippen LogP contribution is -2.55. The summed E-state index contributed by atoms with van der Waals surface area (Å²) in [6, 6.07) is -0.843. The van der Waals surface area contributed by atoms with Crippen molar-refractivity contribution in [3.05, 3.63) is 0 Å². The Morgan fingerprint density at radius 2 is 1.64 bits per heavy atom. The Hall–Kier alpha value is -1.94. The second-order valence-electron chi connectivity index (χ2n) is 10.5. The van der Waals surface area contributed by atoms with E-state index < -0.39 is 12.0 Å². The van der Waals surface area contributed by atoms with Gasteiger partial charge in [0.15, 0.2) is 11.6 Å². The third kappa shape index (κ3) is 10.6. The molecule has 1 fully saturated rings. The number of amides is 3. The van der Waals surface area contributed by atoms with Crippen LogP contribution in [0, 0.1) is 17.8 Å². The zero-order valence-electron chi connectivity index (χ0n) is 23.0. The largest absolute Gasteiger partial charge is 0.349 e. The Labute approximate surface area is 220 Å². The number of rotatable bonds is 16. The zero-order chi connectivity index (χ0) is 27.4. The smallest absolute Gasteiger partial charge is 0.243 e. The van der Waals surface area contributed by atoms with E-state index in [1.54, 1.807) is 30.5 Å². The molecule has 0 aromatic rings. The highest BCUT2D eigenvalue weighted by molar-refractivity contribution is 7.98. The summed E-state index contributed by atoms with van der Waals surface area (Å²) in [5.74, 6) is -1.01. The lowest BCUT2D eigenvalue weighted by Gasteiger charge is -2.31. The number of hydrogen-bond donors (Lipinski definition) is 3. The highest BCUT2D eigenvalue weighted by atomic mass is 32.2. The summed E-state index contributed by atoms with van der Waals surface area (Å²) in [6.07, 6.45) is 3.71. The quantitative estimate of drug-likeness (QED) is 0.280. The topological polar surface area (TPSA) is 125 Å². The maximum atomic E-state index is 13.2. The van der Waals surface area contributed by atoms with Gasteiger partial charge in [-0.2, -0.15) is 11.8 Å². The summed E-state index contributed by atoms with van der Waals surface area (Å²) >= 11 is 1.58. The molecule has 206 valence electrons. The van der Waals surface area contributed by atoms with Gasteiger partial charge in [-0.25, -0.2) is 0 Å². The Balaban J connectivity index is 2.70. The lowest BCUT2D eigenvalue weighted by molar-refractivity contribution is -0.141. The van der Waals surface area contributed by atoms with Crippen molar-refractivity contribution < 1.29 is 24.0 Å². The minimum Gasteiger partial charge on any atom is -0.349 e. The van der Waals surface area contributed by atoms with Gasteiger partial charge in [0.1, 0.15) is 6.04 Å². The van der Waals surface area contributed by atoms with E-state index in [2.05, 4.69) is 16.0 Å². The number of carbonyl (C=O) groups excluding carboxylic acids is 5. The molecule has 0 saturated carbocycles. The molecule has 9 nitrogen and oxygen atoms in total. The lowest BCUT2D eigenvalue weighted by atomic mass is 9.98. The highest BCUT2D eigenvalue weighted by Gasteiger charge is 2.38. The van der Waals surface area contributed by atoms with Gasteiger partial charge in [-0.1, -0.05) is 41.5 Å². The first-order valence-electron chi connectivity index (χ1n) is 13.0. The van der Waals surface area contributed by atoms with Crippen molar-refractivity contribution in [3.8, 4) is 0 Å². The van der Waals surface area contributed by atoms with E-state index in [0.29, 0.717) is 25.1 Å². The molecular weight excluding hydrogens is 480 g/mol. The first-order valence-corrected chi connectivity index (χ1v) is 14.4. The van der Waals surface area contributed by atoms with Crippen LogP contribution in [0.15, 0.2) is 0 Å². The first-order chi connectivity index (χ1) is 16.9. The Bertz CT molecular complexity index is 771. The van der Waals surface area contributed by atoms with Crippen LogP contribution >= 0.6 is 11.8 Å². The van der Waals surface area contributed by atoms with Crippen LogP contribution in [0.5, 0.6) is 0 Å². The van der Waals surface area contributed by atoms with Crippen molar-refractivity contribution in [3.63, 3.8) is 0 Å². The fraction of sp³-hybridized carbons (Fsp3) is 0.808. The van der Waals surface area contributed by atoms with Crippen LogP contribution in [0.3, 0.4) is 0 Å². The number of nitrogens with zero attached hydrogens (tertiary/aromatic N) is 1. The Kier molecular flexibility index (Phi) is 14.3. The van der Waals surface area contributed by atoms with E-state index in [-0.39, 0.29) is 72.7 Å². The average Bonchev–Trinajstić information content (AvgIpc) is 3.31. The molecule has 1 unspecified atom stereocenters. The van der Waals surface area contributed by atoms with Gasteiger partial charge in [0, 0.05) is 30.8 Å². The molecule has 1 aliphatic rings. The molecule has 0 aromatic carbocycles. The van der Waals surface area contributed by atoms with Gasteiger partial charge < -0.3 is 20.9 Å². The van der Waals surface area contributed by atoms with Crippen molar-refractivity contribution in [2.45, 2.75) is 85.4 Å². The summed E-state index contributed by atoms with van der Waals surface area (Å²) in [5, 5.41) is 8.64. The molecule has 36 heavy (non-hydrogen) atoms. The van der Waals surface area contributed by atoms with E-state index in [9.17, 15) is 24.0 Å². The molecule has 1 heterocycles. The predicted octanol–water partition coefficient (Wildman–Crippen LogP) is 1.79. The second-order valence-corrected chi connectivity index (χ2v) is 11.5. The number of thioether (sulfide) groups is 1. The second kappa shape index (κ2) is 16.0. The molecule has 1 aliphatic heterocycles. The monoisotopic (exact) mass is 526 g/mol. The molecule has 1 saturated heterocycles. The summed E-state index contributed by atoms with van der Waals surface area (Å²) < 4.78 is 0. The Morgan fingerprint density at radius 3 is 2.19 bits per heavy atom. The average molecular weight is 527 g/mol. The fourth-order valence-electron chi connectivity index (χ4n) is 4.15. The van der Waals surface area contributed by atoms with Crippen LogP contribution in [0.1, 0.15) is 67.2 Å². The Morgan fingerprint density at radius 1 is 0.972 bits per heavy atom. The van der Waals surface area contributed by atoms with Crippen LogP contribution in [0.4, 0.5) is 0 Å². The number of carbonyl (C=O) groups is 5. The minimum atomic E-state index is -0.599. The maximum absolute atomic E-state index is 13.2. The summed E-state index contributed by atoms with van der Waals surface area (Å²) in [4.78, 5) is 64.9. The third-order valence-electron chi connectivity index (χ3n) is 6.34. The first kappa shape index (κ1) is 32.1. The van der Waals surface area contributed by atoms with E-state index >= 15 is 0 Å². The minimum absolute atomic E-state index is 0.0103. The number of ketones is 2. The maximum Gasteiger partial charge on any atom is 0.243 e. The summed E-state index contributed by atoms with van der Waals surface area (Å²) in [5.41, 5.74) is 0. The van der Waals surface area contributed by atoms with Gasteiger partial charge in [-0.15, -0.1) is 0 Å². The van der Waals surface area contributed by atoms with Crippen molar-refractivity contribution in [2.75, 3.05) is 31.6 Å². The number of nitrogens with one attached hydrogen (secondary N) is 3. The van der Waals surface area contributed by atoms with Crippen molar-refractivity contribution in [2.24, 2.45) is 17.8 Å². The number of likely N-dealkylation sites (tertiary alicyclic amines) is 1. The summed E-state index contributed by atoms with van der Waals surface area (Å²) in [7, 11) is 0. The number of hydrogen-bond acceptors (Lipinski definition) is 7. The molecular formula is C26H46N4O5S. The third-order valence-corrected chi connectivity index (χ3v) is 6.98. The fourth-order valence-corrected chi connectivity index (χ4v) is 4.67. The molecule has 0 aliphatic carbocycles. The van der Waals surface area contributed by atoms with E-state index in [1.807, 2.05) is 34.0 Å². The molecule has 0 spiro atoms. The van der Waals surface area contributed by atoms with Gasteiger partial charge >= 0.3 is 0 Å². The number of Topliss-reactive ketones (excluding diaryl/α,β-unsaturated/α-hetero) is 2. The molecule has 0 bridgehead atoms. The molecule has 3 N–H and O–H groups in total. The van der Waals surface area contributed by atoms with Gasteiger partial charge in [0.2, 0.25) is 17.7 Å². The molecule has 10 heteroatoms. The van der Waals surface area contributed by atoms with Gasteiger partial charge in [-0.05, 0) is 37.2 Å². The van der Waals surface area contributed by atoms with E-state index in [1.165, 1.54) is 0 Å². The highest BCUT2D eigenvalue weighted by Crippen LogP contribution is 2.21. The van der Waals surface area contributed by atoms with Crippen LogP contribution < -0.4 is 16.0 Å². The van der Waals surface area contributed by atoms with E-state index in [0.717, 1.165) is 6.42 Å². The van der Waals surface area contributed by atoms with Crippen LogP contribution in [-0.4, -0.2) is 84.0 Å². The van der Waals surface area contributed by atoms with Crippen LogP contribution in [0.25, 0.3) is 0 Å². The normalized spacial score (nSPS) is 17.4. The van der Waals surface area contributed by atoms with Crippen LogP contribution in [0.2, 0.25) is 0 Å². The summed E-state index contributed by atoms with van der Waals surface area (Å²) in [6.45, 7) is 11.7. The SMILES string of the molecule is CSCCC(CC(=O)CNC(=O)[C@@H]1CCCN1C(=O)[C@@H](NC(C)C)C(C)C)C(=O)NCC(=O)C(C)C. The standard InChI is InChI=1S/C26H46N4O5S/c1-16(2)22(32)15-28-24(33)19(10-12-36-7)13-20(31)14-27-25(34)21-9-8-11-30(21)26(35)23(17(3)4)29-18(5)6/h16-19,21,23,29H,8-15H2,1-7H3,(H,27,34)(H,28,33)/t19?,21-,23-/m0/s1. The predicted molar refractivity (Wildman–Crippen MR) is 144 cm³/mol. The van der Waals surface area contributed by atoms with Gasteiger partial charge in [-0.3, -0.25) is 24.0 Å². The van der Waals surface area contributed by atoms with Crippen molar-refractivity contribution in [1.82, 2.24) is 20.9 Å². The van der Waals surface area contributed by atoms with E-state index in [4.69, 9.17) is 0 Å². The zero-order valence-corrected chi connectivity index (χ0v) is 23.8. The molecule has 3 atom stereocenters. The molecule has 3 amide bonds. The molecule has 1 rings (SSSR count). The van der Waals surface area contributed by atoms with Crippen molar-refractivity contribution in [1.29, 1.82) is 0 Å². The van der Waals surface area contributed by atoms with Crippen molar-refractivity contribution >= 4 is 41.0 Å². The van der Waals surface area contributed by atoms with Gasteiger partial charge in [0.05, 0.1) is 19.1 Å².